The molecule has 2 aromatic carbocycles. The maximum absolute atomic E-state index is 11.8. The van der Waals surface area contributed by atoms with Crippen LogP contribution in [0.1, 0.15) is 0 Å². The van der Waals surface area contributed by atoms with Crippen molar-refractivity contribution >= 4 is 43.1 Å². The van der Waals surface area contributed by atoms with Crippen molar-refractivity contribution in [3.63, 3.8) is 0 Å². The third-order valence-corrected chi connectivity index (χ3v) is 4.99. The molecule has 100 valence electrons. The van der Waals surface area contributed by atoms with Crippen LogP contribution in [0.15, 0.2) is 53.4 Å². The van der Waals surface area contributed by atoms with E-state index < -0.39 is 9.15 Å². The van der Waals surface area contributed by atoms with Gasteiger partial charge in [-0.15, -0.1) is 0 Å². The predicted octanol–water partition coefficient (Wildman–Crippen LogP) is 4.41. The fraction of sp³-hybridized carbons (Fsp3) is 0. The third-order valence-electron chi connectivity index (χ3n) is 2.02. The minimum atomic E-state index is -3.78. The van der Waals surface area contributed by atoms with E-state index in [2.05, 4.69) is 0 Å². The van der Waals surface area contributed by atoms with Crippen molar-refractivity contribution in [3.8, 4) is 5.75 Å². The smallest absolute Gasteiger partial charge is 0.370 e. The van der Waals surface area contributed by atoms with Crippen LogP contribution in [0.5, 0.6) is 5.75 Å². The van der Waals surface area contributed by atoms with Gasteiger partial charge in [0.15, 0.2) is 0 Å². The first-order chi connectivity index (χ1) is 8.94. The normalized spacial score (nSPS) is 11.3. The van der Waals surface area contributed by atoms with Gasteiger partial charge in [0.25, 0.3) is 0 Å². The molecule has 0 aliphatic carbocycles. The lowest BCUT2D eigenvalue weighted by Gasteiger charge is -2.06. The van der Waals surface area contributed by atoms with Crippen LogP contribution in [-0.2, 0) is 9.15 Å². The van der Waals surface area contributed by atoms with E-state index >= 15 is 0 Å². The highest BCUT2D eigenvalue weighted by molar-refractivity contribution is 8.70. The van der Waals surface area contributed by atoms with Gasteiger partial charge in [0.1, 0.15) is 5.75 Å². The Morgan fingerprint density at radius 2 is 1.32 bits per heavy atom. The second kappa shape index (κ2) is 6.05. The zero-order valence-corrected chi connectivity index (χ0v) is 12.6. The minimum Gasteiger partial charge on any atom is -0.374 e. The molecule has 2 rings (SSSR count). The summed E-state index contributed by atoms with van der Waals surface area (Å²) in [6, 6.07) is 12.5. The molecule has 0 unspecified atom stereocenters. The quantitative estimate of drug-likeness (QED) is 0.777. The highest BCUT2D eigenvalue weighted by atomic mass is 35.5. The van der Waals surface area contributed by atoms with E-state index in [1.165, 1.54) is 12.1 Å². The lowest BCUT2D eigenvalue weighted by Crippen LogP contribution is -2.03. The Balaban J connectivity index is 2.10. The molecule has 7 heteroatoms. The predicted molar refractivity (Wildman–Crippen MR) is 78.3 cm³/mol. The summed E-state index contributed by atoms with van der Waals surface area (Å²) in [4.78, 5) is 0.526. The Kier molecular flexibility index (Phi) is 4.62. The molecule has 0 N–H and O–H groups in total. The minimum absolute atomic E-state index is 0.214. The third kappa shape index (κ3) is 4.62. The molecule has 19 heavy (non-hydrogen) atoms. The molecule has 0 fully saturated rings. The van der Waals surface area contributed by atoms with Crippen molar-refractivity contribution in [3.05, 3.63) is 58.6 Å². The molecule has 0 amide bonds. The average Bonchev–Trinajstić information content (AvgIpc) is 2.34. The zero-order chi connectivity index (χ0) is 13.9. The second-order valence-corrected chi connectivity index (χ2v) is 7.70. The van der Waals surface area contributed by atoms with Crippen LogP contribution in [0.3, 0.4) is 0 Å². The standard InChI is InChI=1S/C12H8Cl2O3S2/c13-9-1-5-11(6-2-9)17-19(15,16)18-12-7-3-10(14)4-8-12/h1-8H. The Morgan fingerprint density at radius 3 is 1.84 bits per heavy atom. The summed E-state index contributed by atoms with van der Waals surface area (Å²) >= 11 is 11.4. The molecule has 0 radical (unpaired) electrons. The Hall–Kier alpha value is -0.880. The van der Waals surface area contributed by atoms with Gasteiger partial charge in [-0.2, -0.15) is 8.42 Å². The SMILES string of the molecule is O=S(=O)(Oc1ccc(Cl)cc1)Sc1ccc(Cl)cc1. The zero-order valence-electron chi connectivity index (χ0n) is 9.42. The van der Waals surface area contributed by atoms with Gasteiger partial charge < -0.3 is 4.18 Å². The van der Waals surface area contributed by atoms with Gasteiger partial charge in [-0.25, -0.2) is 0 Å². The van der Waals surface area contributed by atoms with Crippen molar-refractivity contribution in [2.45, 2.75) is 4.90 Å². The molecule has 3 nitrogen and oxygen atoms in total. The van der Waals surface area contributed by atoms with Gasteiger partial charge in [0.05, 0.1) is 0 Å². The molecule has 0 bridgehead atoms. The maximum atomic E-state index is 11.8. The van der Waals surface area contributed by atoms with Crippen LogP contribution in [0, 0.1) is 0 Å². The largest absolute Gasteiger partial charge is 0.374 e. The highest BCUT2D eigenvalue weighted by Crippen LogP contribution is 2.28. The number of benzene rings is 2. The van der Waals surface area contributed by atoms with E-state index in [0.717, 1.165) is 0 Å². The monoisotopic (exact) mass is 334 g/mol. The average molecular weight is 335 g/mol. The van der Waals surface area contributed by atoms with Gasteiger partial charge in [-0.05, 0) is 48.5 Å². The van der Waals surface area contributed by atoms with Crippen LogP contribution < -0.4 is 4.18 Å². The van der Waals surface area contributed by atoms with Crippen molar-refractivity contribution in [1.29, 1.82) is 0 Å². The molecular formula is C12H8Cl2O3S2. The van der Waals surface area contributed by atoms with Gasteiger partial charge in [-0.3, -0.25) is 0 Å². The highest BCUT2D eigenvalue weighted by Gasteiger charge is 2.15. The first-order valence-corrected chi connectivity index (χ1v) is 8.59. The molecule has 0 spiro atoms. The summed E-state index contributed by atoms with van der Waals surface area (Å²) in [7, 11) is -3.17. The molecule has 0 saturated carbocycles. The molecule has 0 heterocycles. The summed E-state index contributed by atoms with van der Waals surface area (Å²) < 4.78 is 28.6. The molecule has 0 aromatic heterocycles. The molecule has 2 aromatic rings. The van der Waals surface area contributed by atoms with E-state index in [-0.39, 0.29) is 5.75 Å². The van der Waals surface area contributed by atoms with Crippen LogP contribution in [-0.4, -0.2) is 8.42 Å². The number of halogens is 2. The summed E-state index contributed by atoms with van der Waals surface area (Å²) in [6.07, 6.45) is 0. The summed E-state index contributed by atoms with van der Waals surface area (Å²) in [6.45, 7) is 0. The van der Waals surface area contributed by atoms with Crippen molar-refractivity contribution in [2.75, 3.05) is 0 Å². The molecule has 0 aliphatic rings. The van der Waals surface area contributed by atoms with Crippen molar-refractivity contribution < 1.29 is 12.6 Å². The summed E-state index contributed by atoms with van der Waals surface area (Å²) in [5.41, 5.74) is 0. The first kappa shape index (κ1) is 14.5. The van der Waals surface area contributed by atoms with Crippen molar-refractivity contribution in [2.24, 2.45) is 0 Å². The van der Waals surface area contributed by atoms with Gasteiger partial charge >= 0.3 is 9.15 Å². The number of hydrogen-bond acceptors (Lipinski definition) is 4. The van der Waals surface area contributed by atoms with E-state index in [4.69, 9.17) is 27.4 Å². The van der Waals surface area contributed by atoms with E-state index in [1.807, 2.05) is 0 Å². The molecule has 0 aliphatic heterocycles. The lowest BCUT2D eigenvalue weighted by molar-refractivity contribution is 0.505. The van der Waals surface area contributed by atoms with Crippen LogP contribution in [0.2, 0.25) is 10.0 Å². The summed E-state index contributed by atoms with van der Waals surface area (Å²) in [5.74, 6) is 0.214. The first-order valence-electron chi connectivity index (χ1n) is 5.10. The van der Waals surface area contributed by atoms with Gasteiger partial charge in [0, 0.05) is 25.7 Å². The van der Waals surface area contributed by atoms with Crippen LogP contribution in [0.4, 0.5) is 0 Å². The van der Waals surface area contributed by atoms with E-state index in [9.17, 15) is 8.42 Å². The maximum Gasteiger partial charge on any atom is 0.370 e. The fourth-order valence-corrected chi connectivity index (χ4v) is 3.73. The van der Waals surface area contributed by atoms with Crippen LogP contribution >= 0.6 is 34.0 Å². The summed E-state index contributed by atoms with van der Waals surface area (Å²) in [5, 5.41) is 1.05. The van der Waals surface area contributed by atoms with Gasteiger partial charge in [0.2, 0.25) is 0 Å². The molecule has 0 atom stereocenters. The lowest BCUT2D eigenvalue weighted by atomic mass is 10.3. The number of hydrogen-bond donors (Lipinski definition) is 0. The van der Waals surface area contributed by atoms with E-state index in [0.29, 0.717) is 25.7 Å². The number of rotatable bonds is 4. The Morgan fingerprint density at radius 1 is 0.842 bits per heavy atom. The van der Waals surface area contributed by atoms with Gasteiger partial charge in [-0.1, -0.05) is 23.2 Å². The Bertz CT molecular complexity index is 599. The second-order valence-electron chi connectivity index (χ2n) is 3.48. The topological polar surface area (TPSA) is 43.4 Å². The van der Waals surface area contributed by atoms with Crippen LogP contribution in [0.25, 0.3) is 0 Å². The molecule has 0 saturated heterocycles. The van der Waals surface area contributed by atoms with Crippen molar-refractivity contribution in [1.82, 2.24) is 0 Å². The fourth-order valence-electron chi connectivity index (χ4n) is 1.23. The molecular weight excluding hydrogens is 327 g/mol. The van der Waals surface area contributed by atoms with E-state index in [1.54, 1.807) is 36.4 Å². The Labute approximate surface area is 125 Å².